The van der Waals surface area contributed by atoms with Crippen molar-refractivity contribution in [3.8, 4) is 11.5 Å². The summed E-state index contributed by atoms with van der Waals surface area (Å²) in [4.78, 5) is 2.18. The molecular weight excluding hydrogens is 441 g/mol. The Morgan fingerprint density at radius 2 is 1.44 bits per heavy atom. The van der Waals surface area contributed by atoms with Gasteiger partial charge in [0, 0.05) is 6.07 Å². The van der Waals surface area contributed by atoms with Crippen LogP contribution in [0, 0.1) is 20.8 Å². The zero-order chi connectivity index (χ0) is 23.2. The van der Waals surface area contributed by atoms with Crippen molar-refractivity contribution in [2.45, 2.75) is 47.0 Å². The predicted octanol–water partition coefficient (Wildman–Crippen LogP) is 8.46. The van der Waals surface area contributed by atoms with Crippen molar-refractivity contribution in [3.63, 3.8) is 0 Å². The summed E-state index contributed by atoms with van der Waals surface area (Å²) in [6.07, 6.45) is 0. The Hall–Kier alpha value is -2.36. The summed E-state index contributed by atoms with van der Waals surface area (Å²) in [5.41, 5.74) is 7.58. The molecule has 0 N–H and O–H groups in total. The van der Waals surface area contributed by atoms with Crippen molar-refractivity contribution in [1.29, 1.82) is 0 Å². The van der Waals surface area contributed by atoms with Crippen LogP contribution in [0.2, 0.25) is 10.0 Å². The van der Waals surface area contributed by atoms with Gasteiger partial charge in [-0.3, -0.25) is 0 Å². The van der Waals surface area contributed by atoms with E-state index in [0.717, 1.165) is 34.1 Å². The molecule has 0 amide bonds. The first-order valence-corrected chi connectivity index (χ1v) is 11.6. The fourth-order valence-corrected chi connectivity index (χ4v) is 4.63. The molecule has 5 heteroatoms. The lowest BCUT2D eigenvalue weighted by Gasteiger charge is -2.32. The number of rotatable bonds is 3. The summed E-state index contributed by atoms with van der Waals surface area (Å²) >= 11 is 13.3. The molecule has 168 valence electrons. The Labute approximate surface area is 200 Å². The maximum atomic E-state index is 6.78. The minimum Gasteiger partial charge on any atom is -0.486 e. The fraction of sp³-hybridized carbons (Fsp3) is 0.333. The molecule has 1 aliphatic heterocycles. The van der Waals surface area contributed by atoms with Crippen molar-refractivity contribution >= 4 is 40.3 Å². The van der Waals surface area contributed by atoms with Gasteiger partial charge in [-0.15, -0.1) is 0 Å². The van der Waals surface area contributed by atoms with Crippen LogP contribution in [-0.2, 0) is 5.41 Å². The number of halogens is 2. The quantitative estimate of drug-likeness (QED) is 0.383. The van der Waals surface area contributed by atoms with Crippen LogP contribution in [0.25, 0.3) is 0 Å². The van der Waals surface area contributed by atoms with Crippen LogP contribution < -0.4 is 14.4 Å². The molecule has 1 heterocycles. The smallest absolute Gasteiger partial charge is 0.163 e. The molecule has 0 aliphatic carbocycles. The van der Waals surface area contributed by atoms with E-state index in [1.54, 1.807) is 0 Å². The van der Waals surface area contributed by atoms with Crippen LogP contribution in [0.3, 0.4) is 0 Å². The van der Waals surface area contributed by atoms with Crippen LogP contribution in [0.15, 0.2) is 42.5 Å². The first kappa shape index (κ1) is 22.8. The maximum absolute atomic E-state index is 6.78. The van der Waals surface area contributed by atoms with Gasteiger partial charge < -0.3 is 14.4 Å². The average molecular weight is 470 g/mol. The van der Waals surface area contributed by atoms with E-state index in [9.17, 15) is 0 Å². The highest BCUT2D eigenvalue weighted by molar-refractivity contribution is 6.44. The fourth-order valence-electron chi connectivity index (χ4n) is 4.17. The van der Waals surface area contributed by atoms with Gasteiger partial charge in [0.05, 0.1) is 27.1 Å². The third-order valence-electron chi connectivity index (χ3n) is 5.76. The number of hydrogen-bond donors (Lipinski definition) is 0. The van der Waals surface area contributed by atoms with E-state index in [-0.39, 0.29) is 5.41 Å². The van der Waals surface area contributed by atoms with Gasteiger partial charge in [0.25, 0.3) is 0 Å². The zero-order valence-electron chi connectivity index (χ0n) is 19.5. The molecule has 0 radical (unpaired) electrons. The largest absolute Gasteiger partial charge is 0.486 e. The lowest BCUT2D eigenvalue weighted by Crippen LogP contribution is -2.18. The van der Waals surface area contributed by atoms with Crippen LogP contribution in [0.4, 0.5) is 17.1 Å². The van der Waals surface area contributed by atoms with Crippen molar-refractivity contribution in [2.75, 3.05) is 18.1 Å². The highest BCUT2D eigenvalue weighted by Crippen LogP contribution is 2.47. The Bertz CT molecular complexity index is 1160. The number of anilines is 3. The summed E-state index contributed by atoms with van der Waals surface area (Å²) < 4.78 is 11.6. The molecule has 3 aromatic rings. The van der Waals surface area contributed by atoms with Gasteiger partial charge in [0.1, 0.15) is 13.2 Å². The lowest BCUT2D eigenvalue weighted by molar-refractivity contribution is 0.171. The number of hydrogen-bond acceptors (Lipinski definition) is 3. The van der Waals surface area contributed by atoms with E-state index in [1.165, 1.54) is 16.7 Å². The Morgan fingerprint density at radius 1 is 0.812 bits per heavy atom. The van der Waals surface area contributed by atoms with Gasteiger partial charge in [-0.2, -0.15) is 0 Å². The monoisotopic (exact) mass is 469 g/mol. The van der Waals surface area contributed by atoms with Gasteiger partial charge in [0.15, 0.2) is 11.5 Å². The van der Waals surface area contributed by atoms with E-state index in [1.807, 2.05) is 31.2 Å². The van der Waals surface area contributed by atoms with Crippen LogP contribution in [0.5, 0.6) is 11.5 Å². The third kappa shape index (κ3) is 4.29. The van der Waals surface area contributed by atoms with E-state index < -0.39 is 0 Å². The Balaban J connectivity index is 1.98. The van der Waals surface area contributed by atoms with Gasteiger partial charge in [0.2, 0.25) is 0 Å². The van der Waals surface area contributed by atoms with Gasteiger partial charge in [-0.05, 0) is 72.7 Å². The molecule has 0 bridgehead atoms. The predicted molar refractivity (Wildman–Crippen MR) is 135 cm³/mol. The summed E-state index contributed by atoms with van der Waals surface area (Å²) in [5, 5.41) is 1.05. The summed E-state index contributed by atoms with van der Waals surface area (Å²) in [5.74, 6) is 1.49. The number of fused-ring (bicyclic) bond motifs is 1. The summed E-state index contributed by atoms with van der Waals surface area (Å²) in [6, 6.07) is 14.5. The van der Waals surface area contributed by atoms with Crippen LogP contribution in [-0.4, -0.2) is 13.2 Å². The summed E-state index contributed by atoms with van der Waals surface area (Å²) in [7, 11) is 0. The maximum Gasteiger partial charge on any atom is 0.163 e. The minimum atomic E-state index is 0.0557. The minimum absolute atomic E-state index is 0.0557. The molecule has 3 aromatic carbocycles. The molecular formula is C27H29Cl2NO2. The highest BCUT2D eigenvalue weighted by atomic mass is 35.5. The van der Waals surface area contributed by atoms with E-state index >= 15 is 0 Å². The van der Waals surface area contributed by atoms with E-state index in [0.29, 0.717) is 23.3 Å². The normalized spacial score (nSPS) is 13.2. The Morgan fingerprint density at radius 3 is 2.06 bits per heavy atom. The SMILES string of the molecule is Cc1cc(Cl)c(Cl)c(N(c2ccc3c(c2)OCCO3)c2c(C)cc(C(C)(C)C)cc2C)c1. The van der Waals surface area contributed by atoms with E-state index in [2.05, 4.69) is 57.7 Å². The molecule has 32 heavy (non-hydrogen) atoms. The van der Waals surface area contributed by atoms with Crippen molar-refractivity contribution < 1.29 is 9.47 Å². The lowest BCUT2D eigenvalue weighted by atomic mass is 9.84. The van der Waals surface area contributed by atoms with Crippen LogP contribution >= 0.6 is 23.2 Å². The van der Waals surface area contributed by atoms with Gasteiger partial charge >= 0.3 is 0 Å². The zero-order valence-corrected chi connectivity index (χ0v) is 21.0. The first-order valence-electron chi connectivity index (χ1n) is 10.8. The van der Waals surface area contributed by atoms with Crippen molar-refractivity contribution in [2.24, 2.45) is 0 Å². The molecule has 3 nitrogen and oxygen atoms in total. The first-order chi connectivity index (χ1) is 15.1. The number of ether oxygens (including phenoxy) is 2. The molecule has 4 rings (SSSR count). The van der Waals surface area contributed by atoms with Crippen LogP contribution in [0.1, 0.15) is 43.0 Å². The molecule has 0 saturated carbocycles. The molecule has 1 aliphatic rings. The summed E-state index contributed by atoms with van der Waals surface area (Å²) in [6.45, 7) is 14.1. The molecule has 0 fully saturated rings. The molecule has 0 unspecified atom stereocenters. The second-order valence-corrected chi connectivity index (χ2v) is 10.2. The number of nitrogens with zero attached hydrogens (tertiary/aromatic N) is 1. The highest BCUT2D eigenvalue weighted by Gasteiger charge is 2.25. The molecule has 0 atom stereocenters. The van der Waals surface area contributed by atoms with Gasteiger partial charge in [-0.25, -0.2) is 0 Å². The Kier molecular flexibility index (Phi) is 6.08. The second kappa shape index (κ2) is 8.53. The molecule has 0 spiro atoms. The molecule has 0 saturated heterocycles. The van der Waals surface area contributed by atoms with Gasteiger partial charge in [-0.1, -0.05) is 56.1 Å². The average Bonchev–Trinajstić information content (AvgIpc) is 2.72. The standard InChI is InChI=1S/C27H29Cl2NO2/c1-16-11-21(28)25(29)22(12-16)30(20-7-8-23-24(15-20)32-10-9-31-23)26-17(2)13-19(14-18(26)3)27(4,5)6/h7-8,11-15H,9-10H2,1-6H3. The third-order valence-corrected chi connectivity index (χ3v) is 6.55. The second-order valence-electron chi connectivity index (χ2n) is 9.45. The van der Waals surface area contributed by atoms with Crippen molar-refractivity contribution in [3.05, 3.63) is 74.8 Å². The topological polar surface area (TPSA) is 21.7 Å². The number of benzene rings is 3. The van der Waals surface area contributed by atoms with Crippen molar-refractivity contribution in [1.82, 2.24) is 0 Å². The van der Waals surface area contributed by atoms with E-state index in [4.69, 9.17) is 32.7 Å². The number of aryl methyl sites for hydroxylation is 3. The molecule has 0 aromatic heterocycles.